The molecule has 2 N–H and O–H groups in total. The van der Waals surface area contributed by atoms with E-state index in [9.17, 15) is 18.4 Å². The Kier molecular flexibility index (Phi) is 8.66. The van der Waals surface area contributed by atoms with Gasteiger partial charge in [-0.15, -0.1) is 0 Å². The Balaban J connectivity index is 2.02. The average molecular weight is 425 g/mol. The number of carbonyl (C=O) groups is 2. The number of thioether (sulfide) groups is 1. The summed E-state index contributed by atoms with van der Waals surface area (Å²) in [5.74, 6) is -2.66. The van der Waals surface area contributed by atoms with Crippen molar-refractivity contribution in [1.29, 1.82) is 0 Å². The maximum Gasteiger partial charge on any atom is 0.290 e. The molecular formula is C19H21F2N3O4S. The van der Waals surface area contributed by atoms with Gasteiger partial charge in [-0.25, -0.2) is 4.98 Å². The van der Waals surface area contributed by atoms with Gasteiger partial charge in [-0.3, -0.25) is 9.59 Å². The molecule has 0 saturated heterocycles. The van der Waals surface area contributed by atoms with Gasteiger partial charge in [0, 0.05) is 19.3 Å². The van der Waals surface area contributed by atoms with Gasteiger partial charge in [-0.2, -0.15) is 8.78 Å². The number of halogens is 2. The van der Waals surface area contributed by atoms with Gasteiger partial charge in [0.1, 0.15) is 5.03 Å². The molecule has 1 aromatic carbocycles. The largest absolute Gasteiger partial charge is 0.493 e. The number of rotatable bonds is 10. The SMILES string of the molecule is CCNC(=O)COc1ccc(CNC(=O)c2cccnc2SC(F)F)cc1OC. The van der Waals surface area contributed by atoms with E-state index in [2.05, 4.69) is 15.6 Å². The van der Waals surface area contributed by atoms with Crippen LogP contribution in [0.3, 0.4) is 0 Å². The smallest absolute Gasteiger partial charge is 0.290 e. The minimum atomic E-state index is -2.67. The predicted octanol–water partition coefficient (Wildman–Crippen LogP) is 2.85. The maximum atomic E-state index is 12.6. The number of ether oxygens (including phenoxy) is 2. The van der Waals surface area contributed by atoms with Gasteiger partial charge >= 0.3 is 0 Å². The molecule has 0 fully saturated rings. The van der Waals surface area contributed by atoms with Crippen LogP contribution in [0.2, 0.25) is 0 Å². The number of benzene rings is 1. The van der Waals surface area contributed by atoms with Gasteiger partial charge in [0.2, 0.25) is 0 Å². The Bertz CT molecular complexity index is 852. The van der Waals surface area contributed by atoms with Crippen molar-refractivity contribution in [2.45, 2.75) is 24.3 Å². The Labute approximate surface area is 171 Å². The van der Waals surface area contributed by atoms with Crippen molar-refractivity contribution in [3.63, 3.8) is 0 Å². The number of hydrogen-bond donors (Lipinski definition) is 2. The van der Waals surface area contributed by atoms with Crippen LogP contribution in [0.1, 0.15) is 22.8 Å². The highest BCUT2D eigenvalue weighted by molar-refractivity contribution is 7.99. The fourth-order valence-electron chi connectivity index (χ4n) is 2.35. The molecule has 0 aliphatic rings. The second-order valence-corrected chi connectivity index (χ2v) is 6.62. The number of pyridine rings is 1. The molecule has 1 aromatic heterocycles. The molecule has 0 saturated carbocycles. The minimum Gasteiger partial charge on any atom is -0.493 e. The summed E-state index contributed by atoms with van der Waals surface area (Å²) in [5, 5.41) is 5.26. The summed E-state index contributed by atoms with van der Waals surface area (Å²) in [6.07, 6.45) is 1.35. The van der Waals surface area contributed by atoms with Crippen LogP contribution in [0.25, 0.3) is 0 Å². The van der Waals surface area contributed by atoms with Gasteiger partial charge in [0.25, 0.3) is 17.6 Å². The summed E-state index contributed by atoms with van der Waals surface area (Å²) < 4.78 is 36.0. The molecule has 0 aliphatic heterocycles. The molecule has 0 spiro atoms. The van der Waals surface area contributed by atoms with Crippen LogP contribution in [0, 0.1) is 0 Å². The molecular weight excluding hydrogens is 404 g/mol. The highest BCUT2D eigenvalue weighted by Gasteiger charge is 2.17. The van der Waals surface area contributed by atoms with Gasteiger partial charge in [0.15, 0.2) is 18.1 Å². The number of carbonyl (C=O) groups excluding carboxylic acids is 2. The molecule has 1 heterocycles. The number of likely N-dealkylation sites (N-methyl/N-ethyl adjacent to an activating group) is 1. The number of methoxy groups -OCH3 is 1. The molecule has 2 amide bonds. The molecule has 2 rings (SSSR count). The lowest BCUT2D eigenvalue weighted by Gasteiger charge is -2.13. The van der Waals surface area contributed by atoms with Crippen LogP contribution in [-0.4, -0.2) is 42.8 Å². The summed E-state index contributed by atoms with van der Waals surface area (Å²) in [4.78, 5) is 27.7. The van der Waals surface area contributed by atoms with Crippen LogP contribution in [-0.2, 0) is 11.3 Å². The van der Waals surface area contributed by atoms with E-state index in [-0.39, 0.29) is 41.4 Å². The summed E-state index contributed by atoms with van der Waals surface area (Å²) in [6, 6.07) is 7.93. The number of aromatic nitrogens is 1. The summed E-state index contributed by atoms with van der Waals surface area (Å²) in [5.41, 5.74) is 0.777. The van der Waals surface area contributed by atoms with Gasteiger partial charge in [-0.05, 0) is 48.5 Å². The summed E-state index contributed by atoms with van der Waals surface area (Å²) in [6.45, 7) is 2.31. The first-order chi connectivity index (χ1) is 13.9. The zero-order chi connectivity index (χ0) is 21.2. The van der Waals surface area contributed by atoms with Crippen molar-refractivity contribution in [2.24, 2.45) is 0 Å². The molecule has 2 aromatic rings. The van der Waals surface area contributed by atoms with Crippen molar-refractivity contribution < 1.29 is 27.8 Å². The van der Waals surface area contributed by atoms with E-state index in [0.29, 0.717) is 23.6 Å². The van der Waals surface area contributed by atoms with Gasteiger partial charge in [-0.1, -0.05) is 6.07 Å². The average Bonchev–Trinajstić information content (AvgIpc) is 2.71. The highest BCUT2D eigenvalue weighted by atomic mass is 32.2. The highest BCUT2D eigenvalue weighted by Crippen LogP contribution is 2.28. The molecule has 0 atom stereocenters. The van der Waals surface area contributed by atoms with Crippen LogP contribution in [0.15, 0.2) is 41.6 Å². The van der Waals surface area contributed by atoms with E-state index in [1.54, 1.807) is 18.2 Å². The Morgan fingerprint density at radius 1 is 1.21 bits per heavy atom. The second kappa shape index (κ2) is 11.2. The lowest BCUT2D eigenvalue weighted by Crippen LogP contribution is -2.28. The first-order valence-electron chi connectivity index (χ1n) is 8.69. The monoisotopic (exact) mass is 425 g/mol. The topological polar surface area (TPSA) is 89.6 Å². The number of amides is 2. The predicted molar refractivity (Wildman–Crippen MR) is 104 cm³/mol. The van der Waals surface area contributed by atoms with Crippen LogP contribution < -0.4 is 20.1 Å². The fourth-order valence-corrected chi connectivity index (χ4v) is 2.93. The zero-order valence-corrected chi connectivity index (χ0v) is 16.7. The number of alkyl halides is 2. The van der Waals surface area contributed by atoms with E-state index in [1.807, 2.05) is 6.92 Å². The number of hydrogen-bond acceptors (Lipinski definition) is 6. The lowest BCUT2D eigenvalue weighted by molar-refractivity contribution is -0.123. The van der Waals surface area contributed by atoms with E-state index in [1.165, 1.54) is 25.4 Å². The first-order valence-corrected chi connectivity index (χ1v) is 9.57. The normalized spacial score (nSPS) is 10.5. The standard InChI is InChI=1S/C19H21F2N3O4S/c1-3-22-16(25)11-28-14-7-6-12(9-15(14)27-2)10-24-17(26)13-5-4-8-23-18(13)29-19(20)21/h4-9,19H,3,10-11H2,1-2H3,(H,22,25)(H,24,26). The van der Waals surface area contributed by atoms with Crippen molar-refractivity contribution in [3.05, 3.63) is 47.7 Å². The second-order valence-electron chi connectivity index (χ2n) is 5.64. The third-order valence-corrected chi connectivity index (χ3v) is 4.36. The Hall–Kier alpha value is -2.88. The van der Waals surface area contributed by atoms with Crippen molar-refractivity contribution in [3.8, 4) is 11.5 Å². The van der Waals surface area contributed by atoms with Crippen LogP contribution in [0.5, 0.6) is 11.5 Å². The Morgan fingerprint density at radius 3 is 2.69 bits per heavy atom. The first kappa shape index (κ1) is 22.4. The quantitative estimate of drug-likeness (QED) is 0.569. The molecule has 10 heteroatoms. The molecule has 29 heavy (non-hydrogen) atoms. The van der Waals surface area contributed by atoms with Crippen molar-refractivity contribution >= 4 is 23.6 Å². The van der Waals surface area contributed by atoms with Gasteiger partial charge in [0.05, 0.1) is 12.7 Å². The lowest BCUT2D eigenvalue weighted by atomic mass is 10.2. The number of nitrogens with one attached hydrogen (secondary N) is 2. The fraction of sp³-hybridized carbons (Fsp3) is 0.316. The summed E-state index contributed by atoms with van der Waals surface area (Å²) >= 11 is 0.220. The molecule has 156 valence electrons. The molecule has 0 radical (unpaired) electrons. The zero-order valence-electron chi connectivity index (χ0n) is 15.9. The van der Waals surface area contributed by atoms with Crippen molar-refractivity contribution in [2.75, 3.05) is 20.3 Å². The molecule has 0 unspecified atom stereocenters. The van der Waals surface area contributed by atoms with E-state index >= 15 is 0 Å². The van der Waals surface area contributed by atoms with E-state index < -0.39 is 11.7 Å². The molecule has 7 nitrogen and oxygen atoms in total. The Morgan fingerprint density at radius 2 is 2.00 bits per heavy atom. The van der Waals surface area contributed by atoms with E-state index in [0.717, 1.165) is 0 Å². The van der Waals surface area contributed by atoms with E-state index in [4.69, 9.17) is 9.47 Å². The summed E-state index contributed by atoms with van der Waals surface area (Å²) in [7, 11) is 1.46. The van der Waals surface area contributed by atoms with Gasteiger partial charge < -0.3 is 20.1 Å². The van der Waals surface area contributed by atoms with Crippen LogP contribution in [0.4, 0.5) is 8.78 Å². The number of nitrogens with zero attached hydrogens (tertiary/aromatic N) is 1. The maximum absolute atomic E-state index is 12.6. The third kappa shape index (κ3) is 6.90. The molecule has 0 bridgehead atoms. The molecule has 0 aliphatic carbocycles. The minimum absolute atomic E-state index is 0.0355. The third-order valence-electron chi connectivity index (χ3n) is 3.63. The van der Waals surface area contributed by atoms with Crippen LogP contribution >= 0.6 is 11.8 Å². The van der Waals surface area contributed by atoms with Crippen molar-refractivity contribution in [1.82, 2.24) is 15.6 Å².